The Morgan fingerprint density at radius 3 is 2.56 bits per heavy atom. The molecule has 0 amide bonds. The van der Waals surface area contributed by atoms with Crippen LogP contribution in [-0.4, -0.2) is 30.2 Å². The van der Waals surface area contributed by atoms with Crippen LogP contribution in [0.1, 0.15) is 19.4 Å². The molecule has 1 aromatic heterocycles. The fraction of sp³-hybridized carbons (Fsp3) is 0.583. The quantitative estimate of drug-likeness (QED) is 0.838. The van der Waals surface area contributed by atoms with E-state index in [4.69, 9.17) is 0 Å². The van der Waals surface area contributed by atoms with Crippen LogP contribution in [0.15, 0.2) is 18.3 Å². The summed E-state index contributed by atoms with van der Waals surface area (Å²) >= 11 is 0. The Morgan fingerprint density at radius 2 is 2.06 bits per heavy atom. The van der Waals surface area contributed by atoms with Gasteiger partial charge in [-0.25, -0.2) is 4.98 Å². The van der Waals surface area contributed by atoms with Crippen LogP contribution >= 0.6 is 0 Å². The first-order valence-electron chi connectivity index (χ1n) is 5.81. The Bertz CT molecular complexity index is 412. The van der Waals surface area contributed by atoms with Crippen molar-refractivity contribution in [2.75, 3.05) is 24.5 Å². The van der Waals surface area contributed by atoms with Crippen LogP contribution in [0.4, 0.5) is 19.0 Å². The molecule has 1 fully saturated rings. The summed E-state index contributed by atoms with van der Waals surface area (Å²) in [4.78, 5) is 5.91. The van der Waals surface area contributed by atoms with Gasteiger partial charge in [-0.1, -0.05) is 0 Å². The fourth-order valence-corrected chi connectivity index (χ4v) is 2.08. The molecule has 6 heteroatoms. The highest BCUT2D eigenvalue weighted by Gasteiger charge is 2.31. The molecule has 2 heterocycles. The van der Waals surface area contributed by atoms with E-state index in [0.29, 0.717) is 5.82 Å². The van der Waals surface area contributed by atoms with E-state index >= 15 is 0 Å². The average molecular weight is 259 g/mol. The van der Waals surface area contributed by atoms with Gasteiger partial charge in [0.2, 0.25) is 0 Å². The molecule has 1 aliphatic rings. The maximum Gasteiger partial charge on any atom is 0.417 e. The van der Waals surface area contributed by atoms with Crippen molar-refractivity contribution in [2.24, 2.45) is 0 Å². The molecule has 100 valence electrons. The zero-order chi connectivity index (χ0) is 13.4. The standard InChI is InChI=1S/C12H16F3N3/c1-11(2)8-18(6-5-17-11)10-4-3-9(7-16-10)12(13,14)15/h3-4,7,17H,5-6,8H2,1-2H3. The van der Waals surface area contributed by atoms with E-state index in [-0.39, 0.29) is 5.54 Å². The van der Waals surface area contributed by atoms with Crippen molar-refractivity contribution in [3.8, 4) is 0 Å². The Labute approximate surface area is 104 Å². The van der Waals surface area contributed by atoms with Crippen LogP contribution in [0.3, 0.4) is 0 Å². The highest BCUT2D eigenvalue weighted by molar-refractivity contribution is 5.41. The normalized spacial score (nSPS) is 19.9. The van der Waals surface area contributed by atoms with Crippen molar-refractivity contribution in [1.29, 1.82) is 0 Å². The largest absolute Gasteiger partial charge is 0.417 e. The molecule has 0 bridgehead atoms. The van der Waals surface area contributed by atoms with Crippen molar-refractivity contribution >= 4 is 5.82 Å². The van der Waals surface area contributed by atoms with Gasteiger partial charge in [0.1, 0.15) is 5.82 Å². The van der Waals surface area contributed by atoms with Crippen LogP contribution in [0, 0.1) is 0 Å². The molecule has 0 spiro atoms. The average Bonchev–Trinajstić information content (AvgIpc) is 2.27. The van der Waals surface area contributed by atoms with Gasteiger partial charge in [0.05, 0.1) is 5.56 Å². The number of anilines is 1. The van der Waals surface area contributed by atoms with Crippen molar-refractivity contribution in [3.63, 3.8) is 0 Å². The molecule has 1 aliphatic heterocycles. The maximum absolute atomic E-state index is 12.4. The molecular weight excluding hydrogens is 243 g/mol. The van der Waals surface area contributed by atoms with Crippen molar-refractivity contribution < 1.29 is 13.2 Å². The summed E-state index contributed by atoms with van der Waals surface area (Å²) < 4.78 is 37.3. The van der Waals surface area contributed by atoms with E-state index in [1.807, 2.05) is 4.90 Å². The summed E-state index contributed by atoms with van der Waals surface area (Å²) in [7, 11) is 0. The van der Waals surface area contributed by atoms with Gasteiger partial charge in [-0.3, -0.25) is 0 Å². The lowest BCUT2D eigenvalue weighted by Gasteiger charge is -2.39. The molecule has 0 aliphatic carbocycles. The van der Waals surface area contributed by atoms with Crippen LogP contribution in [0.2, 0.25) is 0 Å². The molecule has 3 nitrogen and oxygen atoms in total. The molecular formula is C12H16F3N3. The second-order valence-electron chi connectivity index (χ2n) is 5.14. The van der Waals surface area contributed by atoms with E-state index in [1.54, 1.807) is 0 Å². The zero-order valence-corrected chi connectivity index (χ0v) is 10.4. The first-order chi connectivity index (χ1) is 8.28. The lowest BCUT2D eigenvalue weighted by Crippen LogP contribution is -2.57. The number of pyridine rings is 1. The number of nitrogens with one attached hydrogen (secondary N) is 1. The molecule has 0 aromatic carbocycles. The molecule has 1 aromatic rings. The number of hydrogen-bond acceptors (Lipinski definition) is 3. The topological polar surface area (TPSA) is 28.2 Å². The van der Waals surface area contributed by atoms with Crippen LogP contribution < -0.4 is 10.2 Å². The minimum absolute atomic E-state index is 0.0529. The summed E-state index contributed by atoms with van der Waals surface area (Å²) in [6.07, 6.45) is -3.43. The number of hydrogen-bond donors (Lipinski definition) is 1. The van der Waals surface area contributed by atoms with Crippen LogP contribution in [0.5, 0.6) is 0 Å². The van der Waals surface area contributed by atoms with Gasteiger partial charge >= 0.3 is 6.18 Å². The minimum atomic E-state index is -4.33. The predicted molar refractivity (Wildman–Crippen MR) is 63.5 cm³/mol. The molecule has 0 unspecified atom stereocenters. The number of halogens is 3. The lowest BCUT2D eigenvalue weighted by atomic mass is 10.0. The Hall–Kier alpha value is -1.30. The van der Waals surface area contributed by atoms with Gasteiger partial charge in [-0.2, -0.15) is 13.2 Å². The highest BCUT2D eigenvalue weighted by atomic mass is 19.4. The molecule has 1 saturated heterocycles. The predicted octanol–water partition coefficient (Wildman–Crippen LogP) is 2.29. The summed E-state index contributed by atoms with van der Waals surface area (Å²) in [5.41, 5.74) is -0.761. The van der Waals surface area contributed by atoms with Crippen molar-refractivity contribution in [2.45, 2.75) is 25.6 Å². The summed E-state index contributed by atoms with van der Waals surface area (Å²) in [6, 6.07) is 2.52. The molecule has 2 rings (SSSR count). The van der Waals surface area contributed by atoms with E-state index in [9.17, 15) is 13.2 Å². The second kappa shape index (κ2) is 4.42. The molecule has 0 radical (unpaired) electrons. The number of piperazine rings is 1. The molecule has 1 N–H and O–H groups in total. The third kappa shape index (κ3) is 2.93. The van der Waals surface area contributed by atoms with Gasteiger partial charge in [0, 0.05) is 31.4 Å². The van der Waals surface area contributed by atoms with Crippen LogP contribution in [0.25, 0.3) is 0 Å². The summed E-state index contributed by atoms with van der Waals surface area (Å²) in [5.74, 6) is 0.595. The smallest absolute Gasteiger partial charge is 0.354 e. The van der Waals surface area contributed by atoms with Gasteiger partial charge in [-0.05, 0) is 26.0 Å². The number of nitrogens with zero attached hydrogens (tertiary/aromatic N) is 2. The molecule has 18 heavy (non-hydrogen) atoms. The fourth-order valence-electron chi connectivity index (χ4n) is 2.08. The summed E-state index contributed by atoms with van der Waals surface area (Å²) in [6.45, 7) is 6.40. The van der Waals surface area contributed by atoms with Gasteiger partial charge in [-0.15, -0.1) is 0 Å². The van der Waals surface area contributed by atoms with Crippen LogP contribution in [-0.2, 0) is 6.18 Å². The Balaban J connectivity index is 2.15. The Morgan fingerprint density at radius 1 is 1.33 bits per heavy atom. The van der Waals surface area contributed by atoms with E-state index in [1.165, 1.54) is 6.07 Å². The molecule has 0 atom stereocenters. The number of aromatic nitrogens is 1. The maximum atomic E-state index is 12.4. The minimum Gasteiger partial charge on any atom is -0.354 e. The van der Waals surface area contributed by atoms with Gasteiger partial charge in [0.15, 0.2) is 0 Å². The number of rotatable bonds is 1. The second-order valence-corrected chi connectivity index (χ2v) is 5.14. The lowest BCUT2D eigenvalue weighted by molar-refractivity contribution is -0.137. The third-order valence-electron chi connectivity index (χ3n) is 2.97. The highest BCUT2D eigenvalue weighted by Crippen LogP contribution is 2.29. The monoisotopic (exact) mass is 259 g/mol. The van der Waals surface area contributed by atoms with Gasteiger partial charge in [0.25, 0.3) is 0 Å². The first-order valence-corrected chi connectivity index (χ1v) is 5.81. The van der Waals surface area contributed by atoms with E-state index in [0.717, 1.165) is 31.9 Å². The SMILES string of the molecule is CC1(C)CN(c2ccc(C(F)(F)F)cn2)CCN1. The number of alkyl halides is 3. The zero-order valence-electron chi connectivity index (χ0n) is 10.4. The first kappa shape index (κ1) is 13.1. The van der Waals surface area contributed by atoms with Gasteiger partial charge < -0.3 is 10.2 Å². The van der Waals surface area contributed by atoms with E-state index in [2.05, 4.69) is 24.1 Å². The Kier molecular flexibility index (Phi) is 3.23. The van der Waals surface area contributed by atoms with Crippen molar-refractivity contribution in [1.82, 2.24) is 10.3 Å². The molecule has 0 saturated carbocycles. The third-order valence-corrected chi connectivity index (χ3v) is 2.97. The van der Waals surface area contributed by atoms with Crippen molar-refractivity contribution in [3.05, 3.63) is 23.9 Å². The summed E-state index contributed by atoms with van der Waals surface area (Å²) in [5, 5.41) is 3.34. The van der Waals surface area contributed by atoms with E-state index < -0.39 is 11.7 Å².